The molecule has 0 bridgehead atoms. The van der Waals surface area contributed by atoms with Gasteiger partial charge < -0.3 is 19.5 Å². The number of aryl methyl sites for hydroxylation is 1. The number of anilines is 1. The van der Waals surface area contributed by atoms with Crippen molar-refractivity contribution in [3.63, 3.8) is 0 Å². The minimum atomic E-state index is -0.366. The molecule has 0 saturated carbocycles. The molecule has 1 N–H and O–H groups in total. The van der Waals surface area contributed by atoms with Crippen LogP contribution in [0.2, 0.25) is 0 Å². The number of amides is 1. The Labute approximate surface area is 194 Å². The largest absolute Gasteiger partial charge is 0.496 e. The summed E-state index contributed by atoms with van der Waals surface area (Å²) in [7, 11) is 1.58. The fraction of sp³-hybridized carbons (Fsp3) is 0.259. The fourth-order valence-corrected chi connectivity index (χ4v) is 3.11. The van der Waals surface area contributed by atoms with Crippen LogP contribution < -0.4 is 14.8 Å². The van der Waals surface area contributed by atoms with Gasteiger partial charge in [-0.1, -0.05) is 31.0 Å². The fourth-order valence-electron chi connectivity index (χ4n) is 3.11. The molecule has 172 valence electrons. The number of hydrogen-bond acceptors (Lipinski definition) is 5. The number of methoxy groups -OCH3 is 1. The van der Waals surface area contributed by atoms with Crippen molar-refractivity contribution in [1.29, 1.82) is 0 Å². The molecule has 1 amide bonds. The van der Waals surface area contributed by atoms with Crippen molar-refractivity contribution >= 4 is 17.6 Å². The molecule has 0 radical (unpaired) electrons. The van der Waals surface area contributed by atoms with Crippen molar-refractivity contribution < 1.29 is 23.8 Å². The molecule has 3 aromatic carbocycles. The molecule has 0 spiro atoms. The van der Waals surface area contributed by atoms with Gasteiger partial charge in [0.15, 0.2) is 0 Å². The van der Waals surface area contributed by atoms with E-state index in [1.54, 1.807) is 49.6 Å². The molecule has 3 rings (SSSR count). The first-order valence-electron chi connectivity index (χ1n) is 10.9. The maximum atomic E-state index is 12.8. The number of benzene rings is 3. The number of carbonyl (C=O) groups is 2. The molecule has 33 heavy (non-hydrogen) atoms. The van der Waals surface area contributed by atoms with Gasteiger partial charge in [-0.3, -0.25) is 4.79 Å². The third-order valence-corrected chi connectivity index (χ3v) is 5.07. The highest BCUT2D eigenvalue weighted by Crippen LogP contribution is 2.23. The van der Waals surface area contributed by atoms with Gasteiger partial charge in [0.05, 0.1) is 19.3 Å². The van der Waals surface area contributed by atoms with Gasteiger partial charge in [-0.25, -0.2) is 4.79 Å². The topological polar surface area (TPSA) is 73.9 Å². The number of carbonyl (C=O) groups excluding carboxylic acids is 2. The van der Waals surface area contributed by atoms with E-state index < -0.39 is 0 Å². The van der Waals surface area contributed by atoms with Crippen molar-refractivity contribution in [3.05, 3.63) is 89.0 Å². The quantitative estimate of drug-likeness (QED) is 0.314. The van der Waals surface area contributed by atoms with Gasteiger partial charge in [-0.2, -0.15) is 0 Å². The molecule has 0 atom stereocenters. The maximum absolute atomic E-state index is 12.8. The predicted molar refractivity (Wildman–Crippen MR) is 128 cm³/mol. The van der Waals surface area contributed by atoms with Crippen LogP contribution >= 0.6 is 0 Å². The van der Waals surface area contributed by atoms with Crippen LogP contribution in [0.4, 0.5) is 5.69 Å². The van der Waals surface area contributed by atoms with E-state index in [0.29, 0.717) is 29.2 Å². The molecule has 0 aromatic heterocycles. The molecule has 6 nitrogen and oxygen atoms in total. The van der Waals surface area contributed by atoms with E-state index in [0.717, 1.165) is 29.7 Å². The van der Waals surface area contributed by atoms with Crippen LogP contribution in [0.3, 0.4) is 0 Å². The lowest BCUT2D eigenvalue weighted by Crippen LogP contribution is -2.13. The molecule has 0 fully saturated rings. The van der Waals surface area contributed by atoms with Gasteiger partial charge in [0.25, 0.3) is 5.91 Å². The zero-order chi connectivity index (χ0) is 23.6. The average molecular weight is 448 g/mol. The zero-order valence-electron chi connectivity index (χ0n) is 19.2. The predicted octanol–water partition coefficient (Wildman–Crippen LogP) is 5.79. The summed E-state index contributed by atoms with van der Waals surface area (Å²) in [5, 5.41) is 2.85. The van der Waals surface area contributed by atoms with E-state index in [4.69, 9.17) is 14.2 Å². The third kappa shape index (κ3) is 6.84. The first-order chi connectivity index (χ1) is 16.0. The minimum absolute atomic E-state index is 0.266. The second-order valence-electron chi connectivity index (χ2n) is 7.65. The SMILES string of the molecule is CCCCOC(=O)c1ccc(NC(=O)c2ccc(OC)c(COc3ccc(C)cc3)c2)cc1. The monoisotopic (exact) mass is 447 g/mol. The first kappa shape index (κ1) is 23.9. The Morgan fingerprint density at radius 3 is 2.27 bits per heavy atom. The molecule has 0 aliphatic rings. The Balaban J connectivity index is 1.65. The highest BCUT2D eigenvalue weighted by atomic mass is 16.5. The molecular weight excluding hydrogens is 418 g/mol. The molecule has 0 aliphatic heterocycles. The van der Waals surface area contributed by atoms with Gasteiger partial charge in [0.2, 0.25) is 0 Å². The lowest BCUT2D eigenvalue weighted by molar-refractivity contribution is 0.0499. The second kappa shape index (κ2) is 11.7. The Bertz CT molecular complexity index is 1070. The number of rotatable bonds is 10. The molecular formula is C27H29NO5. The number of unbranched alkanes of at least 4 members (excludes halogenated alkanes) is 1. The van der Waals surface area contributed by atoms with E-state index in [1.165, 1.54) is 0 Å². The lowest BCUT2D eigenvalue weighted by Gasteiger charge is -2.13. The Morgan fingerprint density at radius 2 is 1.61 bits per heavy atom. The third-order valence-electron chi connectivity index (χ3n) is 5.07. The first-order valence-corrected chi connectivity index (χ1v) is 10.9. The Kier molecular flexibility index (Phi) is 8.47. The molecule has 0 saturated heterocycles. The van der Waals surface area contributed by atoms with E-state index in [-0.39, 0.29) is 18.5 Å². The smallest absolute Gasteiger partial charge is 0.338 e. The summed E-state index contributed by atoms with van der Waals surface area (Å²) in [6.07, 6.45) is 1.79. The molecule has 3 aromatic rings. The van der Waals surface area contributed by atoms with Crippen molar-refractivity contribution in [2.75, 3.05) is 19.0 Å². The van der Waals surface area contributed by atoms with Crippen molar-refractivity contribution in [2.24, 2.45) is 0 Å². The van der Waals surface area contributed by atoms with Crippen LogP contribution in [0.5, 0.6) is 11.5 Å². The molecule has 0 heterocycles. The van der Waals surface area contributed by atoms with Gasteiger partial charge >= 0.3 is 5.97 Å². The van der Waals surface area contributed by atoms with Crippen LogP contribution in [-0.4, -0.2) is 25.6 Å². The summed E-state index contributed by atoms with van der Waals surface area (Å²) >= 11 is 0. The minimum Gasteiger partial charge on any atom is -0.496 e. The number of ether oxygens (including phenoxy) is 3. The van der Waals surface area contributed by atoms with E-state index in [1.807, 2.05) is 38.1 Å². The van der Waals surface area contributed by atoms with E-state index in [9.17, 15) is 9.59 Å². The Morgan fingerprint density at radius 1 is 0.909 bits per heavy atom. The summed E-state index contributed by atoms with van der Waals surface area (Å²) in [6, 6.07) is 19.6. The van der Waals surface area contributed by atoms with Crippen LogP contribution in [0.15, 0.2) is 66.7 Å². The van der Waals surface area contributed by atoms with Crippen molar-refractivity contribution in [2.45, 2.75) is 33.3 Å². The summed E-state index contributed by atoms with van der Waals surface area (Å²) in [5.41, 5.74) is 3.42. The summed E-state index contributed by atoms with van der Waals surface area (Å²) < 4.78 is 16.5. The van der Waals surface area contributed by atoms with Gasteiger partial charge in [0, 0.05) is 16.8 Å². The van der Waals surface area contributed by atoms with Crippen LogP contribution in [0.1, 0.15) is 51.6 Å². The highest BCUT2D eigenvalue weighted by Gasteiger charge is 2.13. The number of nitrogens with one attached hydrogen (secondary N) is 1. The molecule has 6 heteroatoms. The second-order valence-corrected chi connectivity index (χ2v) is 7.65. The standard InChI is InChI=1S/C27H29NO5/c1-4-5-16-32-27(30)20-8-11-23(12-9-20)28-26(29)21-10-15-25(31-3)22(17-21)18-33-24-13-6-19(2)7-14-24/h6-15,17H,4-5,16,18H2,1-3H3,(H,28,29). The highest BCUT2D eigenvalue weighted by molar-refractivity contribution is 6.04. The van der Waals surface area contributed by atoms with Gasteiger partial charge in [-0.15, -0.1) is 0 Å². The molecule has 0 aliphatic carbocycles. The van der Waals surface area contributed by atoms with Crippen LogP contribution in [-0.2, 0) is 11.3 Å². The van der Waals surface area contributed by atoms with Gasteiger partial charge in [0.1, 0.15) is 18.1 Å². The van der Waals surface area contributed by atoms with Gasteiger partial charge in [-0.05, 0) is 67.9 Å². The zero-order valence-corrected chi connectivity index (χ0v) is 19.2. The normalized spacial score (nSPS) is 10.4. The molecule has 0 unspecified atom stereocenters. The Hall–Kier alpha value is -3.80. The summed E-state index contributed by atoms with van der Waals surface area (Å²) in [4.78, 5) is 24.8. The average Bonchev–Trinajstić information content (AvgIpc) is 2.84. The van der Waals surface area contributed by atoms with E-state index >= 15 is 0 Å². The summed E-state index contributed by atoms with van der Waals surface area (Å²) in [6.45, 7) is 4.72. The maximum Gasteiger partial charge on any atom is 0.338 e. The van der Waals surface area contributed by atoms with Crippen LogP contribution in [0.25, 0.3) is 0 Å². The van der Waals surface area contributed by atoms with E-state index in [2.05, 4.69) is 5.32 Å². The number of hydrogen-bond donors (Lipinski definition) is 1. The van der Waals surface area contributed by atoms with Crippen LogP contribution in [0, 0.1) is 6.92 Å². The van der Waals surface area contributed by atoms with Crippen molar-refractivity contribution in [1.82, 2.24) is 0 Å². The van der Waals surface area contributed by atoms with Crippen molar-refractivity contribution in [3.8, 4) is 11.5 Å². The number of esters is 1. The summed E-state index contributed by atoms with van der Waals surface area (Å²) in [5.74, 6) is 0.748. The lowest BCUT2D eigenvalue weighted by atomic mass is 10.1.